The first-order valence-corrected chi connectivity index (χ1v) is 10.3. The molecule has 3 N–H and O–H groups in total. The average Bonchev–Trinajstić information content (AvgIpc) is 2.84. The molecule has 1 unspecified atom stereocenters. The highest BCUT2D eigenvalue weighted by Crippen LogP contribution is 2.28. The lowest BCUT2D eigenvalue weighted by molar-refractivity contribution is -0.133. The van der Waals surface area contributed by atoms with Crippen LogP contribution in [0.2, 0.25) is 0 Å². The highest BCUT2D eigenvalue weighted by molar-refractivity contribution is 5.97. The molecule has 0 aliphatic heterocycles. The van der Waals surface area contributed by atoms with E-state index in [0.717, 1.165) is 11.3 Å². The standard InChI is InChI=1S/C23H30N2O8/c1-29-18-7-4-16(5-8-18)15-32-12-13-33-20-9-6-17(14-21(20)30-2)22(27)24-19(10-11-26)23(28)25-31-3/h4-9,14,19,26H,10-13,15H2,1-3H3,(H,24,27)(H,25,28). The fourth-order valence-electron chi connectivity index (χ4n) is 2.86. The van der Waals surface area contributed by atoms with E-state index >= 15 is 0 Å². The third-order valence-corrected chi connectivity index (χ3v) is 4.58. The van der Waals surface area contributed by atoms with E-state index in [9.17, 15) is 9.59 Å². The first-order valence-electron chi connectivity index (χ1n) is 10.3. The minimum Gasteiger partial charge on any atom is -0.497 e. The second-order valence-electron chi connectivity index (χ2n) is 6.82. The summed E-state index contributed by atoms with van der Waals surface area (Å²) in [7, 11) is 4.36. The summed E-state index contributed by atoms with van der Waals surface area (Å²) in [4.78, 5) is 29.1. The van der Waals surface area contributed by atoms with Crippen LogP contribution in [0, 0.1) is 0 Å². The zero-order chi connectivity index (χ0) is 24.1. The molecular formula is C23H30N2O8. The van der Waals surface area contributed by atoms with Crippen molar-refractivity contribution in [3.05, 3.63) is 53.6 Å². The zero-order valence-corrected chi connectivity index (χ0v) is 19.0. The summed E-state index contributed by atoms with van der Waals surface area (Å²) in [5.41, 5.74) is 3.42. The first-order chi connectivity index (χ1) is 16.0. The van der Waals surface area contributed by atoms with Crippen LogP contribution < -0.4 is 25.0 Å². The van der Waals surface area contributed by atoms with E-state index in [1.165, 1.54) is 20.3 Å². The van der Waals surface area contributed by atoms with Crippen molar-refractivity contribution in [3.8, 4) is 17.2 Å². The van der Waals surface area contributed by atoms with Crippen LogP contribution in [0.25, 0.3) is 0 Å². The second-order valence-corrected chi connectivity index (χ2v) is 6.82. The molecule has 0 fully saturated rings. The maximum atomic E-state index is 12.6. The molecule has 2 rings (SSSR count). The van der Waals surface area contributed by atoms with Gasteiger partial charge < -0.3 is 29.4 Å². The van der Waals surface area contributed by atoms with Crippen LogP contribution in [-0.2, 0) is 21.0 Å². The SMILES string of the molecule is CONC(=O)C(CCO)NC(=O)c1ccc(OCCOCc2ccc(OC)cc2)c(OC)c1. The molecule has 2 aromatic rings. The van der Waals surface area contributed by atoms with Crippen molar-refractivity contribution in [1.29, 1.82) is 0 Å². The zero-order valence-electron chi connectivity index (χ0n) is 19.0. The molecule has 0 aliphatic carbocycles. The fraction of sp³-hybridized carbons (Fsp3) is 0.391. The predicted octanol–water partition coefficient (Wildman–Crippen LogP) is 1.46. The van der Waals surface area contributed by atoms with Gasteiger partial charge in [-0.3, -0.25) is 14.4 Å². The first kappa shape index (κ1) is 25.9. The lowest BCUT2D eigenvalue weighted by Gasteiger charge is -2.17. The van der Waals surface area contributed by atoms with Crippen molar-refractivity contribution in [2.75, 3.05) is 41.2 Å². The van der Waals surface area contributed by atoms with Crippen molar-refractivity contribution in [1.82, 2.24) is 10.8 Å². The van der Waals surface area contributed by atoms with Crippen molar-refractivity contribution < 1.29 is 38.5 Å². The number of aliphatic hydroxyl groups is 1. The number of rotatable bonds is 14. The molecule has 0 radical (unpaired) electrons. The van der Waals surface area contributed by atoms with Crippen LogP contribution in [0.3, 0.4) is 0 Å². The Morgan fingerprint density at radius 3 is 2.36 bits per heavy atom. The van der Waals surface area contributed by atoms with Crippen LogP contribution in [0.4, 0.5) is 0 Å². The number of carbonyl (C=O) groups excluding carboxylic acids is 2. The van der Waals surface area contributed by atoms with Crippen LogP contribution in [0.1, 0.15) is 22.3 Å². The smallest absolute Gasteiger partial charge is 0.266 e. The minimum atomic E-state index is -0.952. The number of hydrogen-bond donors (Lipinski definition) is 3. The molecule has 2 amide bonds. The molecule has 180 valence electrons. The maximum absolute atomic E-state index is 12.6. The van der Waals surface area contributed by atoms with E-state index in [0.29, 0.717) is 24.7 Å². The molecule has 10 heteroatoms. The van der Waals surface area contributed by atoms with Gasteiger partial charge in [-0.05, 0) is 42.3 Å². The Labute approximate surface area is 192 Å². The van der Waals surface area contributed by atoms with Crippen LogP contribution in [0.15, 0.2) is 42.5 Å². The summed E-state index contributed by atoms with van der Waals surface area (Å²) in [5, 5.41) is 11.7. The van der Waals surface area contributed by atoms with Crippen molar-refractivity contribution in [3.63, 3.8) is 0 Å². The third kappa shape index (κ3) is 8.26. The number of benzene rings is 2. The Bertz CT molecular complexity index is 889. The highest BCUT2D eigenvalue weighted by Gasteiger charge is 2.21. The van der Waals surface area contributed by atoms with E-state index in [1.54, 1.807) is 19.2 Å². The molecule has 2 aromatic carbocycles. The summed E-state index contributed by atoms with van der Waals surface area (Å²) in [5.74, 6) is 0.520. The molecule has 1 atom stereocenters. The number of hydrogen-bond acceptors (Lipinski definition) is 8. The molecule has 0 saturated carbocycles. The molecule has 0 bridgehead atoms. The Kier molecular flexibility index (Phi) is 10.9. The van der Waals surface area contributed by atoms with Gasteiger partial charge >= 0.3 is 0 Å². The maximum Gasteiger partial charge on any atom is 0.266 e. The molecule has 33 heavy (non-hydrogen) atoms. The monoisotopic (exact) mass is 462 g/mol. The van der Waals surface area contributed by atoms with Gasteiger partial charge in [0.15, 0.2) is 11.5 Å². The summed E-state index contributed by atoms with van der Waals surface area (Å²) in [6.07, 6.45) is 0.0375. The van der Waals surface area contributed by atoms with E-state index in [1.807, 2.05) is 24.3 Å². The third-order valence-electron chi connectivity index (χ3n) is 4.58. The van der Waals surface area contributed by atoms with Crippen molar-refractivity contribution in [2.45, 2.75) is 19.1 Å². The molecule has 10 nitrogen and oxygen atoms in total. The number of aliphatic hydroxyl groups excluding tert-OH is 1. The molecular weight excluding hydrogens is 432 g/mol. The number of hydroxylamine groups is 1. The lowest BCUT2D eigenvalue weighted by Crippen LogP contribution is -2.46. The van der Waals surface area contributed by atoms with E-state index in [-0.39, 0.29) is 25.2 Å². The van der Waals surface area contributed by atoms with Gasteiger partial charge in [0.2, 0.25) is 0 Å². The average molecular weight is 462 g/mol. The van der Waals surface area contributed by atoms with Gasteiger partial charge in [0.25, 0.3) is 11.8 Å². The number of carbonyl (C=O) groups is 2. The summed E-state index contributed by atoms with van der Waals surface area (Å²) in [6, 6.07) is 11.3. The van der Waals surface area contributed by atoms with Gasteiger partial charge in [-0.1, -0.05) is 12.1 Å². The summed E-state index contributed by atoms with van der Waals surface area (Å²) in [6.45, 7) is 0.802. The fourth-order valence-corrected chi connectivity index (χ4v) is 2.86. The predicted molar refractivity (Wildman–Crippen MR) is 119 cm³/mol. The molecule has 0 heterocycles. The van der Waals surface area contributed by atoms with E-state index < -0.39 is 17.9 Å². The number of ether oxygens (including phenoxy) is 4. The molecule has 0 aromatic heterocycles. The number of amides is 2. The summed E-state index contributed by atoms with van der Waals surface area (Å²) < 4.78 is 21.8. The topological polar surface area (TPSA) is 125 Å². The number of methoxy groups -OCH3 is 2. The van der Waals surface area contributed by atoms with Gasteiger partial charge in [-0.15, -0.1) is 0 Å². The van der Waals surface area contributed by atoms with Gasteiger partial charge in [0.1, 0.15) is 18.4 Å². The number of nitrogens with one attached hydrogen (secondary N) is 2. The van der Waals surface area contributed by atoms with E-state index in [2.05, 4.69) is 15.6 Å². The Balaban J connectivity index is 1.88. The Morgan fingerprint density at radius 1 is 0.970 bits per heavy atom. The van der Waals surface area contributed by atoms with Gasteiger partial charge in [-0.25, -0.2) is 5.48 Å². The van der Waals surface area contributed by atoms with Crippen molar-refractivity contribution >= 4 is 11.8 Å². The molecule has 0 spiro atoms. The molecule has 0 saturated heterocycles. The van der Waals surface area contributed by atoms with Gasteiger partial charge in [0, 0.05) is 12.2 Å². The molecule has 0 aliphatic rings. The van der Waals surface area contributed by atoms with Crippen LogP contribution in [0.5, 0.6) is 17.2 Å². The van der Waals surface area contributed by atoms with Crippen LogP contribution in [-0.4, -0.2) is 64.1 Å². The largest absolute Gasteiger partial charge is 0.497 e. The normalized spacial score (nSPS) is 11.4. The quantitative estimate of drug-likeness (QED) is 0.285. The summed E-state index contributed by atoms with van der Waals surface area (Å²) >= 11 is 0. The van der Waals surface area contributed by atoms with Crippen LogP contribution >= 0.6 is 0 Å². The minimum absolute atomic E-state index is 0.0375. The second kappa shape index (κ2) is 13.9. The highest BCUT2D eigenvalue weighted by atomic mass is 16.6. The van der Waals surface area contributed by atoms with Crippen molar-refractivity contribution in [2.24, 2.45) is 0 Å². The Hall–Kier alpha value is -3.34. The van der Waals surface area contributed by atoms with Gasteiger partial charge in [-0.2, -0.15) is 0 Å². The van der Waals surface area contributed by atoms with Gasteiger partial charge in [0.05, 0.1) is 34.5 Å². The van der Waals surface area contributed by atoms with E-state index in [4.69, 9.17) is 24.1 Å². The lowest BCUT2D eigenvalue weighted by atomic mass is 10.1. The Morgan fingerprint density at radius 2 is 1.73 bits per heavy atom.